The van der Waals surface area contributed by atoms with Gasteiger partial charge in [-0.3, -0.25) is 0 Å². The number of rotatable bonds is 30. The molecule has 0 saturated carbocycles. The molecule has 0 aromatic rings. The Hall–Kier alpha value is 0. The van der Waals surface area contributed by atoms with Gasteiger partial charge in [-0.2, -0.15) is 0 Å². The molecule has 0 heterocycles. The van der Waals surface area contributed by atoms with Gasteiger partial charge in [0.1, 0.15) is 0 Å². The first kappa shape index (κ1) is 35.0. The third kappa shape index (κ3) is 26.9. The second-order valence-corrected chi connectivity index (χ2v) is 11.9. The van der Waals surface area contributed by atoms with E-state index >= 15 is 0 Å². The molecule has 0 atom stereocenters. The topological polar surface area (TPSA) is 0 Å². The number of hydrogen-bond donors (Lipinski definition) is 0. The van der Waals surface area contributed by atoms with E-state index in [0.717, 1.165) is 11.8 Å². The molecular weight excluding hydrogens is 420 g/mol. The van der Waals surface area contributed by atoms with E-state index < -0.39 is 0 Å². The summed E-state index contributed by atoms with van der Waals surface area (Å²) in [5, 5.41) is 0. The summed E-state index contributed by atoms with van der Waals surface area (Å²) in [5.41, 5.74) is 0. The molecule has 0 heteroatoms. The van der Waals surface area contributed by atoms with Crippen LogP contribution in [-0.4, -0.2) is 0 Å². The minimum absolute atomic E-state index is 0.900. The minimum atomic E-state index is 0.900. The summed E-state index contributed by atoms with van der Waals surface area (Å²) >= 11 is 0. The Morgan fingerprint density at radius 2 is 0.486 bits per heavy atom. The van der Waals surface area contributed by atoms with Crippen molar-refractivity contribution < 1.29 is 0 Å². The predicted molar refractivity (Wildman–Crippen MR) is 163 cm³/mol. The Morgan fingerprint density at radius 3 is 0.714 bits per heavy atom. The van der Waals surface area contributed by atoms with Gasteiger partial charge >= 0.3 is 0 Å². The van der Waals surface area contributed by atoms with Crippen molar-refractivity contribution in [3.05, 3.63) is 6.42 Å². The molecule has 0 amide bonds. The molecule has 0 fully saturated rings. The van der Waals surface area contributed by atoms with Crippen LogP contribution in [0, 0.1) is 18.3 Å². The van der Waals surface area contributed by atoms with Gasteiger partial charge in [0.25, 0.3) is 0 Å². The lowest BCUT2D eigenvalue weighted by atomic mass is 9.82. The lowest BCUT2D eigenvalue weighted by Gasteiger charge is -2.24. The smallest absolute Gasteiger partial charge is 0.0324 e. The Labute approximate surface area is 225 Å². The third-order valence-electron chi connectivity index (χ3n) is 8.26. The van der Waals surface area contributed by atoms with E-state index in [1.54, 1.807) is 0 Å². The van der Waals surface area contributed by atoms with Crippen molar-refractivity contribution in [1.29, 1.82) is 0 Å². The first-order valence-corrected chi connectivity index (χ1v) is 17.1. The molecule has 0 aliphatic rings. The summed E-state index contributed by atoms with van der Waals surface area (Å²) in [6.45, 7) is 9.33. The highest BCUT2D eigenvalue weighted by molar-refractivity contribution is 4.84. The van der Waals surface area contributed by atoms with E-state index in [1.807, 2.05) is 0 Å². The van der Waals surface area contributed by atoms with Crippen LogP contribution in [0.4, 0.5) is 0 Å². The normalized spacial score (nSPS) is 11.8. The second kappa shape index (κ2) is 30.2. The highest BCUT2D eigenvalue weighted by Crippen LogP contribution is 2.30. The van der Waals surface area contributed by atoms with Crippen LogP contribution >= 0.6 is 0 Å². The van der Waals surface area contributed by atoms with E-state index in [4.69, 9.17) is 0 Å². The molecule has 0 aliphatic heterocycles. The van der Waals surface area contributed by atoms with Crippen LogP contribution in [0.25, 0.3) is 0 Å². The zero-order chi connectivity index (χ0) is 25.7. The first-order valence-electron chi connectivity index (χ1n) is 17.1. The van der Waals surface area contributed by atoms with Crippen LogP contribution in [0.3, 0.4) is 0 Å². The fourth-order valence-corrected chi connectivity index (χ4v) is 5.81. The average Bonchev–Trinajstić information content (AvgIpc) is 2.87. The van der Waals surface area contributed by atoms with Crippen molar-refractivity contribution in [3.8, 4) is 0 Å². The summed E-state index contributed by atoms with van der Waals surface area (Å²) in [6.07, 6.45) is 43.5. The molecule has 35 heavy (non-hydrogen) atoms. The highest BCUT2D eigenvalue weighted by atomic mass is 14.2. The second-order valence-electron chi connectivity index (χ2n) is 11.9. The van der Waals surface area contributed by atoms with E-state index in [2.05, 4.69) is 34.1 Å². The Balaban J connectivity index is 4.58. The van der Waals surface area contributed by atoms with Crippen molar-refractivity contribution >= 4 is 0 Å². The molecule has 0 unspecified atom stereocenters. The quantitative estimate of drug-likeness (QED) is 0.0876. The molecule has 0 nitrogen and oxygen atoms in total. The van der Waals surface area contributed by atoms with E-state index in [1.165, 1.54) is 180 Å². The molecule has 211 valence electrons. The van der Waals surface area contributed by atoms with Crippen LogP contribution in [-0.2, 0) is 0 Å². The summed E-state index contributed by atoms with van der Waals surface area (Å²) < 4.78 is 0. The van der Waals surface area contributed by atoms with Gasteiger partial charge in [0.05, 0.1) is 0 Å². The van der Waals surface area contributed by atoms with Crippen molar-refractivity contribution in [2.24, 2.45) is 11.8 Å². The molecule has 0 N–H and O–H groups in total. The van der Waals surface area contributed by atoms with Crippen LogP contribution < -0.4 is 0 Å². The van der Waals surface area contributed by atoms with Crippen LogP contribution in [0.2, 0.25) is 0 Å². The van der Waals surface area contributed by atoms with Gasteiger partial charge in [-0.1, -0.05) is 207 Å². The largest absolute Gasteiger partial charge is 0.0654 e. The van der Waals surface area contributed by atoms with E-state index in [9.17, 15) is 0 Å². The van der Waals surface area contributed by atoms with Crippen molar-refractivity contribution in [2.45, 2.75) is 207 Å². The average molecular weight is 492 g/mol. The standard InChI is InChI=1S/C35H71/c1-5-9-13-17-21-25-29-34(30-26-22-18-14-10-6-2)33-35(31-27-23-19-15-11-7-3)32-28-24-20-16-12-8-4/h33-35H,5-32H2,1-4H3. The van der Waals surface area contributed by atoms with Crippen molar-refractivity contribution in [2.75, 3.05) is 0 Å². The van der Waals surface area contributed by atoms with Gasteiger partial charge in [0.2, 0.25) is 0 Å². The fraction of sp³-hybridized carbons (Fsp3) is 0.971. The van der Waals surface area contributed by atoms with Crippen LogP contribution in [0.5, 0.6) is 0 Å². The Morgan fingerprint density at radius 1 is 0.286 bits per heavy atom. The van der Waals surface area contributed by atoms with Gasteiger partial charge < -0.3 is 0 Å². The van der Waals surface area contributed by atoms with Crippen LogP contribution in [0.15, 0.2) is 0 Å². The lowest BCUT2D eigenvalue weighted by molar-refractivity contribution is 0.364. The number of unbranched alkanes of at least 4 members (excludes halogenated alkanes) is 20. The summed E-state index contributed by atoms with van der Waals surface area (Å²) in [6, 6.07) is 0. The van der Waals surface area contributed by atoms with Crippen molar-refractivity contribution in [3.63, 3.8) is 0 Å². The van der Waals surface area contributed by atoms with Crippen LogP contribution in [0.1, 0.15) is 207 Å². The van der Waals surface area contributed by atoms with Gasteiger partial charge in [-0.15, -0.1) is 0 Å². The first-order chi connectivity index (χ1) is 17.3. The zero-order valence-corrected chi connectivity index (χ0v) is 25.5. The van der Waals surface area contributed by atoms with Gasteiger partial charge in [0.15, 0.2) is 0 Å². The fourth-order valence-electron chi connectivity index (χ4n) is 5.81. The van der Waals surface area contributed by atoms with Crippen molar-refractivity contribution in [1.82, 2.24) is 0 Å². The predicted octanol–water partition coefficient (Wildman–Crippen LogP) is 13.4. The van der Waals surface area contributed by atoms with Gasteiger partial charge in [-0.05, 0) is 18.3 Å². The molecule has 1 radical (unpaired) electrons. The Bertz CT molecular complexity index is 293. The molecule has 0 bridgehead atoms. The van der Waals surface area contributed by atoms with E-state index in [0.29, 0.717) is 0 Å². The summed E-state index contributed by atoms with van der Waals surface area (Å²) in [7, 11) is 0. The van der Waals surface area contributed by atoms with Gasteiger partial charge in [-0.25, -0.2) is 0 Å². The SMILES string of the molecule is CCCCCCCCC([CH]C(CCCCCCCC)CCCCCCCC)CCCCCCCC. The molecule has 0 spiro atoms. The zero-order valence-electron chi connectivity index (χ0n) is 25.5. The summed E-state index contributed by atoms with van der Waals surface area (Å²) in [5.74, 6) is 1.80. The lowest BCUT2D eigenvalue weighted by Crippen LogP contribution is -2.12. The molecule has 0 rings (SSSR count). The maximum Gasteiger partial charge on any atom is -0.0324 e. The maximum absolute atomic E-state index is 2.91. The maximum atomic E-state index is 2.91. The monoisotopic (exact) mass is 492 g/mol. The molecular formula is C35H71. The van der Waals surface area contributed by atoms with Gasteiger partial charge in [0, 0.05) is 0 Å². The van der Waals surface area contributed by atoms with E-state index in [-0.39, 0.29) is 0 Å². The minimum Gasteiger partial charge on any atom is -0.0654 e. The highest BCUT2D eigenvalue weighted by Gasteiger charge is 2.17. The number of hydrogen-bond acceptors (Lipinski definition) is 0. The summed E-state index contributed by atoms with van der Waals surface area (Å²) in [4.78, 5) is 0. The molecule has 0 aromatic carbocycles. The molecule has 0 saturated heterocycles. The molecule has 0 aromatic heterocycles. The Kier molecular flexibility index (Phi) is 30.2. The third-order valence-corrected chi connectivity index (χ3v) is 8.26. The molecule has 0 aliphatic carbocycles.